The van der Waals surface area contributed by atoms with Crippen molar-refractivity contribution in [3.8, 4) is 11.5 Å². The third-order valence-electron chi connectivity index (χ3n) is 5.88. The largest absolute Gasteiger partial charge is 0.467 e. The predicted octanol–water partition coefficient (Wildman–Crippen LogP) is 3.89. The van der Waals surface area contributed by atoms with Crippen molar-refractivity contribution in [1.82, 2.24) is 9.80 Å². The number of carbonyl (C=O) groups is 2. The van der Waals surface area contributed by atoms with Crippen LogP contribution in [0.25, 0.3) is 0 Å². The van der Waals surface area contributed by atoms with E-state index in [9.17, 15) is 9.59 Å². The molecule has 1 aliphatic heterocycles. The fourth-order valence-electron chi connectivity index (χ4n) is 3.87. The Balaban J connectivity index is 1.52. The molecule has 1 aromatic heterocycles. The van der Waals surface area contributed by atoms with Gasteiger partial charge in [0, 0.05) is 25.8 Å². The summed E-state index contributed by atoms with van der Waals surface area (Å²) in [4.78, 5) is 30.0. The van der Waals surface area contributed by atoms with E-state index in [0.717, 1.165) is 17.5 Å². The molecule has 0 fully saturated rings. The van der Waals surface area contributed by atoms with Crippen LogP contribution in [0.3, 0.4) is 0 Å². The summed E-state index contributed by atoms with van der Waals surface area (Å²) in [6.45, 7) is 3.40. The normalized spacial score (nSPS) is 11.9. The molecule has 35 heavy (non-hydrogen) atoms. The molecule has 0 aliphatic carbocycles. The summed E-state index contributed by atoms with van der Waals surface area (Å²) in [5.74, 6) is 1.58. The van der Waals surface area contributed by atoms with Gasteiger partial charge in [-0.1, -0.05) is 25.1 Å². The Labute approximate surface area is 205 Å². The molecule has 2 aromatic carbocycles. The number of methoxy groups -OCH3 is 1. The minimum absolute atomic E-state index is 0.0804. The zero-order chi connectivity index (χ0) is 24.6. The second kappa shape index (κ2) is 11.6. The number of nitrogens with zero attached hydrogens (tertiary/aromatic N) is 2. The second-order valence-corrected chi connectivity index (χ2v) is 8.29. The van der Waals surface area contributed by atoms with Gasteiger partial charge in [-0.25, -0.2) is 0 Å². The van der Waals surface area contributed by atoms with Crippen LogP contribution >= 0.6 is 0 Å². The van der Waals surface area contributed by atoms with Gasteiger partial charge in [-0.15, -0.1) is 0 Å². The number of hydrogen-bond donors (Lipinski definition) is 0. The SMILES string of the molecule is CCc1ccc(C(=O)N(CCOC)CC(=O)N(Cc2ccc3c(c2)OCO3)Cc2ccco2)cc1. The molecule has 0 bridgehead atoms. The highest BCUT2D eigenvalue weighted by atomic mass is 16.7. The summed E-state index contributed by atoms with van der Waals surface area (Å²) < 4.78 is 21.6. The number of fused-ring (bicyclic) bond motifs is 1. The van der Waals surface area contributed by atoms with E-state index in [1.54, 1.807) is 36.5 Å². The molecule has 2 amide bonds. The Kier molecular flexibility index (Phi) is 8.05. The number of rotatable bonds is 11. The van der Waals surface area contributed by atoms with Crippen molar-refractivity contribution < 1.29 is 28.2 Å². The Morgan fingerprint density at radius 1 is 0.943 bits per heavy atom. The van der Waals surface area contributed by atoms with E-state index in [4.69, 9.17) is 18.6 Å². The smallest absolute Gasteiger partial charge is 0.254 e. The quantitative estimate of drug-likeness (QED) is 0.416. The lowest BCUT2D eigenvalue weighted by Gasteiger charge is -2.27. The minimum Gasteiger partial charge on any atom is -0.467 e. The van der Waals surface area contributed by atoms with Gasteiger partial charge in [0.25, 0.3) is 5.91 Å². The monoisotopic (exact) mass is 478 g/mol. The first-order valence-corrected chi connectivity index (χ1v) is 11.6. The Morgan fingerprint density at radius 2 is 1.71 bits per heavy atom. The van der Waals surface area contributed by atoms with Gasteiger partial charge in [0.15, 0.2) is 11.5 Å². The van der Waals surface area contributed by atoms with Crippen molar-refractivity contribution in [2.45, 2.75) is 26.4 Å². The lowest BCUT2D eigenvalue weighted by atomic mass is 10.1. The van der Waals surface area contributed by atoms with Crippen LogP contribution in [0.5, 0.6) is 11.5 Å². The number of amides is 2. The first-order chi connectivity index (χ1) is 17.1. The molecular weight excluding hydrogens is 448 g/mol. The number of carbonyl (C=O) groups excluding carboxylic acids is 2. The molecule has 2 heterocycles. The maximum absolute atomic E-state index is 13.5. The van der Waals surface area contributed by atoms with E-state index in [2.05, 4.69) is 6.92 Å². The molecule has 0 N–H and O–H groups in total. The zero-order valence-electron chi connectivity index (χ0n) is 20.1. The van der Waals surface area contributed by atoms with E-state index < -0.39 is 0 Å². The fourth-order valence-corrected chi connectivity index (χ4v) is 3.87. The lowest BCUT2D eigenvalue weighted by molar-refractivity contribution is -0.133. The van der Waals surface area contributed by atoms with E-state index in [1.807, 2.05) is 36.4 Å². The van der Waals surface area contributed by atoms with Gasteiger partial charge in [0.05, 0.1) is 19.4 Å². The highest BCUT2D eigenvalue weighted by molar-refractivity contribution is 5.96. The summed E-state index contributed by atoms with van der Waals surface area (Å²) in [5, 5.41) is 0. The number of ether oxygens (including phenoxy) is 3. The van der Waals surface area contributed by atoms with Crippen LogP contribution in [0.1, 0.15) is 34.2 Å². The Bertz CT molecular complexity index is 1130. The van der Waals surface area contributed by atoms with Crippen molar-refractivity contribution in [3.05, 3.63) is 83.3 Å². The van der Waals surface area contributed by atoms with Crippen molar-refractivity contribution in [3.63, 3.8) is 0 Å². The highest BCUT2D eigenvalue weighted by Crippen LogP contribution is 2.33. The topological polar surface area (TPSA) is 81.5 Å². The molecule has 0 saturated carbocycles. The summed E-state index contributed by atoms with van der Waals surface area (Å²) in [6.07, 6.45) is 2.47. The molecule has 4 rings (SSSR count). The van der Waals surface area contributed by atoms with Crippen LogP contribution in [0.4, 0.5) is 0 Å². The van der Waals surface area contributed by atoms with Gasteiger partial charge in [-0.3, -0.25) is 9.59 Å². The second-order valence-electron chi connectivity index (χ2n) is 8.29. The summed E-state index contributed by atoms with van der Waals surface area (Å²) in [6, 6.07) is 16.7. The Hall–Kier alpha value is -3.78. The number of furan rings is 1. The van der Waals surface area contributed by atoms with E-state index in [0.29, 0.717) is 42.5 Å². The van der Waals surface area contributed by atoms with E-state index >= 15 is 0 Å². The molecule has 0 radical (unpaired) electrons. The molecule has 3 aromatic rings. The summed E-state index contributed by atoms with van der Waals surface area (Å²) in [5.41, 5.74) is 2.58. The van der Waals surface area contributed by atoms with Crippen LogP contribution in [0, 0.1) is 0 Å². The molecule has 8 heteroatoms. The van der Waals surface area contributed by atoms with Crippen LogP contribution in [-0.2, 0) is 29.0 Å². The van der Waals surface area contributed by atoms with Crippen molar-refractivity contribution in [1.29, 1.82) is 0 Å². The van der Waals surface area contributed by atoms with Gasteiger partial charge in [-0.05, 0) is 53.9 Å². The van der Waals surface area contributed by atoms with Crippen molar-refractivity contribution >= 4 is 11.8 Å². The Morgan fingerprint density at radius 3 is 2.43 bits per heavy atom. The van der Waals surface area contributed by atoms with Gasteiger partial charge in [-0.2, -0.15) is 0 Å². The van der Waals surface area contributed by atoms with Crippen LogP contribution in [0.15, 0.2) is 65.3 Å². The number of aryl methyl sites for hydroxylation is 1. The molecule has 8 nitrogen and oxygen atoms in total. The van der Waals surface area contributed by atoms with Crippen LogP contribution in [-0.4, -0.2) is 55.2 Å². The van der Waals surface area contributed by atoms with Gasteiger partial charge < -0.3 is 28.4 Å². The third kappa shape index (κ3) is 6.22. The maximum atomic E-state index is 13.5. The van der Waals surface area contributed by atoms with Gasteiger partial charge in [0.2, 0.25) is 12.7 Å². The average molecular weight is 479 g/mol. The molecule has 184 valence electrons. The minimum atomic E-state index is -0.209. The average Bonchev–Trinajstić information content (AvgIpc) is 3.57. The predicted molar refractivity (Wildman–Crippen MR) is 129 cm³/mol. The summed E-state index contributed by atoms with van der Waals surface area (Å²) in [7, 11) is 1.57. The molecule has 1 aliphatic rings. The first kappa shape index (κ1) is 24.3. The number of hydrogen-bond acceptors (Lipinski definition) is 6. The fraction of sp³-hybridized carbons (Fsp3) is 0.333. The molecule has 0 unspecified atom stereocenters. The molecular formula is C27H30N2O6. The van der Waals surface area contributed by atoms with Crippen LogP contribution < -0.4 is 9.47 Å². The van der Waals surface area contributed by atoms with Crippen molar-refractivity contribution in [2.24, 2.45) is 0 Å². The maximum Gasteiger partial charge on any atom is 0.254 e. The zero-order valence-corrected chi connectivity index (χ0v) is 20.1. The van der Waals surface area contributed by atoms with Crippen molar-refractivity contribution in [2.75, 3.05) is 33.6 Å². The standard InChI is InChI=1S/C27H30N2O6/c1-3-20-6-9-22(10-7-20)27(31)28(12-14-32-2)18-26(30)29(17-23-5-4-13-33-23)16-21-8-11-24-25(15-21)35-19-34-24/h4-11,13,15H,3,12,14,16-19H2,1-2H3. The van der Waals surface area contributed by atoms with Crippen LogP contribution in [0.2, 0.25) is 0 Å². The summed E-state index contributed by atoms with van der Waals surface area (Å²) >= 11 is 0. The van der Waals surface area contributed by atoms with Gasteiger partial charge >= 0.3 is 0 Å². The lowest BCUT2D eigenvalue weighted by Crippen LogP contribution is -2.43. The van der Waals surface area contributed by atoms with E-state index in [1.165, 1.54) is 4.90 Å². The van der Waals surface area contributed by atoms with E-state index in [-0.39, 0.29) is 31.7 Å². The highest BCUT2D eigenvalue weighted by Gasteiger charge is 2.24. The van der Waals surface area contributed by atoms with Gasteiger partial charge in [0.1, 0.15) is 12.3 Å². The molecule has 0 spiro atoms. The first-order valence-electron chi connectivity index (χ1n) is 11.6. The molecule has 0 atom stereocenters. The third-order valence-corrected chi connectivity index (χ3v) is 5.88. The number of benzene rings is 2. The molecule has 0 saturated heterocycles.